The summed E-state index contributed by atoms with van der Waals surface area (Å²) in [7, 11) is 0.227. The molecule has 1 atom stereocenters. The van der Waals surface area contributed by atoms with Crippen molar-refractivity contribution in [3.63, 3.8) is 0 Å². The van der Waals surface area contributed by atoms with E-state index in [4.69, 9.17) is 4.74 Å². The van der Waals surface area contributed by atoms with E-state index >= 15 is 0 Å². The molecule has 1 rings (SSSR count). The van der Waals surface area contributed by atoms with Crippen LogP contribution in [-0.4, -0.2) is 22.4 Å². The van der Waals surface area contributed by atoms with Crippen LogP contribution in [0, 0.1) is 0 Å². The quantitative estimate of drug-likeness (QED) is 0.762. The zero-order valence-electron chi connectivity index (χ0n) is 9.94. The predicted octanol–water partition coefficient (Wildman–Crippen LogP) is 2.41. The van der Waals surface area contributed by atoms with Crippen molar-refractivity contribution in [2.75, 3.05) is 7.11 Å². The van der Waals surface area contributed by atoms with Gasteiger partial charge in [0.1, 0.15) is 5.75 Å². The van der Waals surface area contributed by atoms with E-state index in [2.05, 4.69) is 0 Å². The van der Waals surface area contributed by atoms with Gasteiger partial charge in [-0.15, -0.1) is 0 Å². The highest BCUT2D eigenvalue weighted by molar-refractivity contribution is 7.86. The average molecular weight is 240 g/mol. The summed E-state index contributed by atoms with van der Waals surface area (Å²) < 4.78 is 17.0. The zero-order valence-corrected chi connectivity index (χ0v) is 10.8. The molecule has 16 heavy (non-hydrogen) atoms. The van der Waals surface area contributed by atoms with Crippen LogP contribution in [-0.2, 0) is 10.8 Å². The molecule has 1 aromatic carbocycles. The molecule has 0 saturated heterocycles. The molecule has 4 heteroatoms. The van der Waals surface area contributed by atoms with E-state index in [9.17, 15) is 9.00 Å². The van der Waals surface area contributed by atoms with Gasteiger partial charge in [-0.05, 0) is 26.8 Å². The van der Waals surface area contributed by atoms with E-state index < -0.39 is 15.5 Å². The van der Waals surface area contributed by atoms with Gasteiger partial charge in [0.25, 0.3) is 0 Å². The molecule has 0 fully saturated rings. The fourth-order valence-electron chi connectivity index (χ4n) is 1.29. The molecule has 0 N–H and O–H groups in total. The number of rotatable bonds is 3. The molecule has 1 aromatic rings. The molecule has 0 amide bonds. The summed E-state index contributed by atoms with van der Waals surface area (Å²) in [5, 5.41) is 0. The van der Waals surface area contributed by atoms with Crippen LogP contribution in [0.2, 0.25) is 0 Å². The first-order valence-electron chi connectivity index (χ1n) is 4.96. The van der Waals surface area contributed by atoms with Crippen LogP contribution in [0.5, 0.6) is 5.75 Å². The Morgan fingerprint density at radius 1 is 1.31 bits per heavy atom. The third-order valence-corrected chi connectivity index (χ3v) is 4.02. The molecule has 0 spiro atoms. The number of carbonyl (C=O) groups excluding carboxylic acids is 1. The summed E-state index contributed by atoms with van der Waals surface area (Å²) in [4.78, 5) is 11.4. The summed E-state index contributed by atoms with van der Waals surface area (Å²) in [6.45, 7) is 5.60. The number of hydrogen-bond acceptors (Lipinski definition) is 3. The first-order valence-corrected chi connectivity index (χ1v) is 6.11. The smallest absolute Gasteiger partial charge is 0.151 e. The van der Waals surface area contributed by atoms with Gasteiger partial charge in [0.15, 0.2) is 6.29 Å². The molecule has 0 aliphatic rings. The largest absolute Gasteiger partial charge is 0.495 e. The van der Waals surface area contributed by atoms with Crippen molar-refractivity contribution in [2.45, 2.75) is 30.4 Å². The normalized spacial score (nSPS) is 13.2. The van der Waals surface area contributed by atoms with Crippen LogP contribution >= 0.6 is 0 Å². The minimum Gasteiger partial charge on any atom is -0.495 e. The van der Waals surface area contributed by atoms with E-state index in [0.717, 1.165) is 0 Å². The lowest BCUT2D eigenvalue weighted by Gasteiger charge is -2.20. The fraction of sp³-hybridized carbons (Fsp3) is 0.417. The molecule has 0 bridgehead atoms. The number of benzene rings is 1. The third-order valence-electron chi connectivity index (χ3n) is 2.10. The van der Waals surface area contributed by atoms with Crippen molar-refractivity contribution in [3.05, 3.63) is 23.8 Å². The maximum atomic E-state index is 12.3. The van der Waals surface area contributed by atoms with E-state index in [1.54, 1.807) is 18.2 Å². The predicted molar refractivity (Wildman–Crippen MR) is 64.5 cm³/mol. The molecule has 0 aromatic heterocycles. The molecule has 0 radical (unpaired) electrons. The van der Waals surface area contributed by atoms with Gasteiger partial charge in [-0.3, -0.25) is 9.00 Å². The molecule has 3 nitrogen and oxygen atoms in total. The first kappa shape index (κ1) is 12.9. The average Bonchev–Trinajstić information content (AvgIpc) is 2.25. The Balaban J connectivity index is 3.40. The summed E-state index contributed by atoms with van der Waals surface area (Å²) in [5.74, 6) is 0.498. The molecule has 0 heterocycles. The van der Waals surface area contributed by atoms with Crippen LogP contribution in [0.3, 0.4) is 0 Å². The van der Waals surface area contributed by atoms with Crippen molar-refractivity contribution in [1.29, 1.82) is 0 Å². The molecular formula is C12H16O3S. The zero-order chi connectivity index (χ0) is 12.3. The minimum absolute atomic E-state index is 0.424. The second kappa shape index (κ2) is 4.78. The van der Waals surface area contributed by atoms with Crippen molar-refractivity contribution in [2.24, 2.45) is 0 Å². The summed E-state index contributed by atoms with van der Waals surface area (Å²) >= 11 is 0. The number of hydrogen-bond donors (Lipinski definition) is 0. The van der Waals surface area contributed by atoms with Crippen molar-refractivity contribution < 1.29 is 13.7 Å². The minimum atomic E-state index is -1.28. The van der Waals surface area contributed by atoms with E-state index in [1.807, 2.05) is 20.8 Å². The lowest BCUT2D eigenvalue weighted by molar-refractivity contribution is 0.112. The number of aldehydes is 1. The van der Waals surface area contributed by atoms with Crippen LogP contribution in [0.4, 0.5) is 0 Å². The lowest BCUT2D eigenvalue weighted by atomic mass is 10.2. The SMILES string of the molecule is COc1cccc(C=O)c1[S@@](=O)C(C)(C)C. The molecule has 0 unspecified atom stereocenters. The highest BCUT2D eigenvalue weighted by Crippen LogP contribution is 2.30. The molecule has 88 valence electrons. The maximum absolute atomic E-state index is 12.3. The van der Waals surface area contributed by atoms with Gasteiger partial charge in [0.05, 0.1) is 22.8 Å². The molecule has 0 aliphatic carbocycles. The summed E-state index contributed by atoms with van der Waals surface area (Å²) in [6.07, 6.45) is 0.710. The number of methoxy groups -OCH3 is 1. The monoisotopic (exact) mass is 240 g/mol. The van der Waals surface area contributed by atoms with Gasteiger partial charge < -0.3 is 4.74 Å². The Hall–Kier alpha value is -1.16. The van der Waals surface area contributed by atoms with Gasteiger partial charge in [-0.1, -0.05) is 12.1 Å². The Morgan fingerprint density at radius 2 is 1.94 bits per heavy atom. The second-order valence-corrected chi connectivity index (χ2v) is 6.55. The highest BCUT2D eigenvalue weighted by atomic mass is 32.2. The van der Waals surface area contributed by atoms with Crippen molar-refractivity contribution in [3.8, 4) is 5.75 Å². The highest BCUT2D eigenvalue weighted by Gasteiger charge is 2.26. The Morgan fingerprint density at radius 3 is 2.38 bits per heavy atom. The van der Waals surface area contributed by atoms with Crippen molar-refractivity contribution in [1.82, 2.24) is 0 Å². The van der Waals surface area contributed by atoms with E-state index in [0.29, 0.717) is 22.5 Å². The molecule has 0 saturated carbocycles. The Labute approximate surface area is 98.3 Å². The lowest BCUT2D eigenvalue weighted by Crippen LogP contribution is -2.23. The van der Waals surface area contributed by atoms with Crippen molar-refractivity contribution >= 4 is 17.1 Å². The topological polar surface area (TPSA) is 43.4 Å². The van der Waals surface area contributed by atoms with Gasteiger partial charge >= 0.3 is 0 Å². The standard InChI is InChI=1S/C12H16O3S/c1-12(2,3)16(14)11-9(8-13)6-5-7-10(11)15-4/h5-8H,1-4H3/t16-/m1/s1. The summed E-state index contributed by atoms with van der Waals surface area (Å²) in [6, 6.07) is 5.08. The number of carbonyl (C=O) groups is 1. The molecule has 0 aliphatic heterocycles. The van der Waals surface area contributed by atoms with Crippen LogP contribution in [0.25, 0.3) is 0 Å². The van der Waals surface area contributed by atoms with Gasteiger partial charge in [-0.25, -0.2) is 0 Å². The number of ether oxygens (including phenoxy) is 1. The van der Waals surface area contributed by atoms with Crippen LogP contribution in [0.1, 0.15) is 31.1 Å². The third kappa shape index (κ3) is 2.50. The Kier molecular flexibility index (Phi) is 3.86. The van der Waals surface area contributed by atoms with Crippen LogP contribution in [0.15, 0.2) is 23.1 Å². The molecular weight excluding hydrogens is 224 g/mol. The second-order valence-electron chi connectivity index (χ2n) is 4.38. The summed E-state index contributed by atoms with van der Waals surface area (Å²) in [5.41, 5.74) is 0.424. The fourth-order valence-corrected chi connectivity index (χ4v) is 2.57. The maximum Gasteiger partial charge on any atom is 0.151 e. The van der Waals surface area contributed by atoms with Gasteiger partial charge in [0.2, 0.25) is 0 Å². The van der Waals surface area contributed by atoms with Gasteiger partial charge in [0, 0.05) is 10.3 Å². The van der Waals surface area contributed by atoms with E-state index in [1.165, 1.54) is 7.11 Å². The Bertz CT molecular complexity index is 419. The first-order chi connectivity index (χ1) is 7.41. The van der Waals surface area contributed by atoms with Gasteiger partial charge in [-0.2, -0.15) is 0 Å². The van der Waals surface area contributed by atoms with Crippen LogP contribution < -0.4 is 4.74 Å². The van der Waals surface area contributed by atoms with E-state index in [-0.39, 0.29) is 0 Å².